The number of carboxylic acids is 1. The van der Waals surface area contributed by atoms with Crippen molar-refractivity contribution in [3.05, 3.63) is 27.4 Å². The number of carbonyl (C=O) groups is 1. The summed E-state index contributed by atoms with van der Waals surface area (Å²) in [5, 5.41) is 8.84. The number of aromatic carboxylic acids is 1. The Balaban J connectivity index is 2.44. The average molecular weight is 222 g/mol. The molecule has 1 aromatic heterocycles. The first-order chi connectivity index (χ1) is 7.50. The average Bonchev–Trinajstić information content (AvgIpc) is 2.97. The van der Waals surface area contributed by atoms with E-state index in [0.717, 1.165) is 12.8 Å². The second kappa shape index (κ2) is 3.73. The van der Waals surface area contributed by atoms with Gasteiger partial charge in [-0.2, -0.15) is 0 Å². The largest absolute Gasteiger partial charge is 0.477 e. The van der Waals surface area contributed by atoms with Crippen LogP contribution in [0.4, 0.5) is 0 Å². The zero-order valence-corrected chi connectivity index (χ0v) is 9.28. The lowest BCUT2D eigenvalue weighted by Crippen LogP contribution is -2.23. The van der Waals surface area contributed by atoms with Crippen LogP contribution in [-0.4, -0.2) is 21.0 Å². The Kier molecular flexibility index (Phi) is 2.53. The molecule has 1 unspecified atom stereocenters. The molecule has 0 bridgehead atoms. The molecule has 1 heterocycles. The lowest BCUT2D eigenvalue weighted by molar-refractivity contribution is 0.0693. The summed E-state index contributed by atoms with van der Waals surface area (Å²) in [5.74, 6) is 0.166. The molecular weight excluding hydrogens is 208 g/mol. The Labute approximate surface area is 92.5 Å². The Morgan fingerprint density at radius 2 is 2.19 bits per heavy atom. The third-order valence-electron chi connectivity index (χ3n) is 3.09. The molecule has 1 atom stereocenters. The molecule has 1 fully saturated rings. The highest BCUT2D eigenvalue weighted by Crippen LogP contribution is 2.40. The zero-order valence-electron chi connectivity index (χ0n) is 9.28. The molecule has 16 heavy (non-hydrogen) atoms. The predicted molar refractivity (Wildman–Crippen MR) is 57.7 cm³/mol. The van der Waals surface area contributed by atoms with Crippen LogP contribution in [0.25, 0.3) is 0 Å². The normalized spacial score (nSPS) is 17.1. The summed E-state index contributed by atoms with van der Waals surface area (Å²) in [4.78, 5) is 29.1. The van der Waals surface area contributed by atoms with Gasteiger partial charge in [0.1, 0.15) is 11.4 Å². The summed E-state index contributed by atoms with van der Waals surface area (Å²) in [5.41, 5.74) is -0.520. The maximum atomic E-state index is 11.6. The number of hydrogen-bond donors (Lipinski definition) is 2. The summed E-state index contributed by atoms with van der Waals surface area (Å²) in [6, 6.07) is 0. The highest BCUT2D eigenvalue weighted by molar-refractivity contribution is 5.88. The number of hydrogen-bond acceptors (Lipinski definition) is 3. The van der Waals surface area contributed by atoms with Crippen molar-refractivity contribution in [3.63, 3.8) is 0 Å². The van der Waals surface area contributed by atoms with Crippen LogP contribution in [0.1, 0.15) is 47.6 Å². The molecule has 1 aliphatic rings. The Morgan fingerprint density at radius 1 is 1.56 bits per heavy atom. The van der Waals surface area contributed by atoms with E-state index in [-0.39, 0.29) is 11.5 Å². The van der Waals surface area contributed by atoms with Crippen molar-refractivity contribution in [3.8, 4) is 0 Å². The van der Waals surface area contributed by atoms with Gasteiger partial charge in [-0.25, -0.2) is 9.78 Å². The Morgan fingerprint density at radius 3 is 2.62 bits per heavy atom. The van der Waals surface area contributed by atoms with Crippen molar-refractivity contribution in [2.75, 3.05) is 0 Å². The first-order valence-corrected chi connectivity index (χ1v) is 5.34. The number of carboxylic acid groups (broad SMARTS) is 1. The molecule has 86 valence electrons. The van der Waals surface area contributed by atoms with Crippen LogP contribution >= 0.6 is 0 Å². The molecule has 5 nitrogen and oxygen atoms in total. The highest BCUT2D eigenvalue weighted by atomic mass is 16.4. The Bertz CT molecular complexity index is 488. The maximum Gasteiger partial charge on any atom is 0.343 e. The number of nitrogens with zero attached hydrogens (tertiary/aromatic N) is 1. The van der Waals surface area contributed by atoms with Gasteiger partial charge in [-0.05, 0) is 25.7 Å². The van der Waals surface area contributed by atoms with Gasteiger partial charge in [0.2, 0.25) is 0 Å². The van der Waals surface area contributed by atoms with Crippen molar-refractivity contribution in [1.82, 2.24) is 9.97 Å². The summed E-state index contributed by atoms with van der Waals surface area (Å²) >= 11 is 0. The summed E-state index contributed by atoms with van der Waals surface area (Å²) < 4.78 is 0. The van der Waals surface area contributed by atoms with Crippen molar-refractivity contribution in [2.24, 2.45) is 5.92 Å². The van der Waals surface area contributed by atoms with E-state index in [1.54, 1.807) is 6.92 Å². The lowest BCUT2D eigenvalue weighted by Gasteiger charge is -2.10. The van der Waals surface area contributed by atoms with E-state index < -0.39 is 11.5 Å². The second-order valence-corrected chi connectivity index (χ2v) is 4.34. The van der Waals surface area contributed by atoms with Crippen LogP contribution in [0.5, 0.6) is 0 Å². The molecule has 1 saturated carbocycles. The lowest BCUT2D eigenvalue weighted by atomic mass is 10.1. The Hall–Kier alpha value is -1.65. The van der Waals surface area contributed by atoms with Gasteiger partial charge in [-0.15, -0.1) is 0 Å². The molecule has 0 radical (unpaired) electrons. The van der Waals surface area contributed by atoms with Crippen molar-refractivity contribution < 1.29 is 9.90 Å². The first kappa shape index (κ1) is 10.9. The minimum absolute atomic E-state index is 0.203. The molecule has 2 N–H and O–H groups in total. The zero-order chi connectivity index (χ0) is 11.9. The van der Waals surface area contributed by atoms with E-state index in [1.807, 2.05) is 6.92 Å². The number of aromatic nitrogens is 2. The fourth-order valence-corrected chi connectivity index (χ4v) is 1.89. The molecular formula is C11H14N2O3. The highest BCUT2D eigenvalue weighted by Gasteiger charge is 2.31. The number of aromatic amines is 1. The van der Waals surface area contributed by atoms with Crippen LogP contribution in [0.2, 0.25) is 0 Å². The van der Waals surface area contributed by atoms with Gasteiger partial charge in [0.25, 0.3) is 5.56 Å². The molecule has 0 aromatic carbocycles. The number of rotatable bonds is 3. The topological polar surface area (TPSA) is 83.0 Å². The quantitative estimate of drug-likeness (QED) is 0.807. The monoisotopic (exact) mass is 222 g/mol. The fourth-order valence-electron chi connectivity index (χ4n) is 1.89. The number of H-pyrrole nitrogens is 1. The van der Waals surface area contributed by atoms with Crippen LogP contribution in [0, 0.1) is 12.8 Å². The van der Waals surface area contributed by atoms with Crippen LogP contribution in [0.15, 0.2) is 4.79 Å². The molecule has 1 aromatic rings. The van der Waals surface area contributed by atoms with Crippen LogP contribution in [-0.2, 0) is 0 Å². The summed E-state index contributed by atoms with van der Waals surface area (Å²) in [7, 11) is 0. The van der Waals surface area contributed by atoms with Gasteiger partial charge in [-0.3, -0.25) is 4.79 Å². The van der Waals surface area contributed by atoms with Gasteiger partial charge in [0, 0.05) is 5.92 Å². The molecule has 5 heteroatoms. The molecule has 0 aliphatic heterocycles. The van der Waals surface area contributed by atoms with Crippen LogP contribution < -0.4 is 5.56 Å². The van der Waals surface area contributed by atoms with Crippen molar-refractivity contribution >= 4 is 5.97 Å². The molecule has 0 spiro atoms. The van der Waals surface area contributed by atoms with E-state index in [4.69, 9.17) is 5.11 Å². The molecule has 2 rings (SSSR count). The smallest absolute Gasteiger partial charge is 0.343 e. The second-order valence-electron chi connectivity index (χ2n) is 4.34. The first-order valence-electron chi connectivity index (χ1n) is 5.34. The van der Waals surface area contributed by atoms with Gasteiger partial charge < -0.3 is 10.1 Å². The van der Waals surface area contributed by atoms with Gasteiger partial charge in [-0.1, -0.05) is 6.92 Å². The number of aryl methyl sites for hydroxylation is 1. The molecule has 0 saturated heterocycles. The summed E-state index contributed by atoms with van der Waals surface area (Å²) in [6.45, 7) is 3.57. The standard InChI is InChI=1S/C11H14N2O3/c1-5(7-3-4-7)9-12-6(2)8(11(15)16)10(14)13-9/h5,7H,3-4H2,1-2H3,(H,15,16)(H,12,13,14). The fraction of sp³-hybridized carbons (Fsp3) is 0.545. The predicted octanol–water partition coefficient (Wildman–Crippen LogP) is 1.29. The van der Waals surface area contributed by atoms with E-state index in [0.29, 0.717) is 17.4 Å². The van der Waals surface area contributed by atoms with Gasteiger partial charge >= 0.3 is 5.97 Å². The van der Waals surface area contributed by atoms with Gasteiger partial charge in [0.15, 0.2) is 0 Å². The minimum atomic E-state index is -1.23. The summed E-state index contributed by atoms with van der Waals surface area (Å²) in [6.07, 6.45) is 2.31. The third kappa shape index (κ3) is 1.85. The van der Waals surface area contributed by atoms with E-state index in [2.05, 4.69) is 9.97 Å². The van der Waals surface area contributed by atoms with Crippen LogP contribution in [0.3, 0.4) is 0 Å². The van der Waals surface area contributed by atoms with Gasteiger partial charge in [0.05, 0.1) is 5.69 Å². The minimum Gasteiger partial charge on any atom is -0.477 e. The van der Waals surface area contributed by atoms with Crippen molar-refractivity contribution in [1.29, 1.82) is 0 Å². The SMILES string of the molecule is Cc1nc(C(C)C2CC2)[nH]c(=O)c1C(=O)O. The van der Waals surface area contributed by atoms with E-state index in [1.165, 1.54) is 0 Å². The number of nitrogens with one attached hydrogen (secondary N) is 1. The third-order valence-corrected chi connectivity index (χ3v) is 3.09. The van der Waals surface area contributed by atoms with E-state index >= 15 is 0 Å². The van der Waals surface area contributed by atoms with Crippen molar-refractivity contribution in [2.45, 2.75) is 32.6 Å². The maximum absolute atomic E-state index is 11.6. The molecule has 0 amide bonds. The molecule has 1 aliphatic carbocycles. The van der Waals surface area contributed by atoms with E-state index in [9.17, 15) is 9.59 Å².